The smallest absolute Gasteiger partial charge is 0.0253 e. The Morgan fingerprint density at radius 2 is 1.50 bits per heavy atom. The first kappa shape index (κ1) is 28.6. The molecule has 30 heavy (non-hydrogen) atoms. The van der Waals surface area contributed by atoms with Crippen molar-refractivity contribution in [2.24, 2.45) is 0 Å². The number of benzene rings is 3. The molecule has 159 valence electrons. The van der Waals surface area contributed by atoms with Crippen LogP contribution in [0.3, 0.4) is 0 Å². The zero-order valence-electron chi connectivity index (χ0n) is 18.3. The maximum Gasteiger partial charge on any atom is -0.0253 e. The Kier molecular flexibility index (Phi) is 12.5. The van der Waals surface area contributed by atoms with Crippen molar-refractivity contribution in [3.8, 4) is 16.9 Å². The fourth-order valence-corrected chi connectivity index (χ4v) is 2.97. The summed E-state index contributed by atoms with van der Waals surface area (Å²) in [5, 5.41) is 9.18. The molecular weight excluding hydrogens is 447 g/mol. The van der Waals surface area contributed by atoms with Gasteiger partial charge in [-0.3, -0.25) is 0 Å². The van der Waals surface area contributed by atoms with Crippen molar-refractivity contribution < 1.29 is 49.9 Å². The summed E-state index contributed by atoms with van der Waals surface area (Å²) in [6.07, 6.45) is 1.05. The van der Waals surface area contributed by atoms with Crippen molar-refractivity contribution in [2.45, 2.75) is 46.5 Å². The predicted molar refractivity (Wildman–Crippen MR) is 117 cm³/mol. The van der Waals surface area contributed by atoms with Gasteiger partial charge in [-0.2, -0.15) is 29.8 Å². The Morgan fingerprint density at radius 1 is 0.900 bits per heavy atom. The van der Waals surface area contributed by atoms with Crippen LogP contribution in [-0.2, 0) is 31.8 Å². The number of halogens is 2. The molecule has 0 radical (unpaired) electrons. The van der Waals surface area contributed by atoms with E-state index in [1.165, 1.54) is 26.1 Å². The molecule has 0 unspecified atom stereocenters. The minimum Gasteiger partial charge on any atom is -1.00 e. The van der Waals surface area contributed by atoms with Gasteiger partial charge in [-0.1, -0.05) is 68.3 Å². The van der Waals surface area contributed by atoms with Crippen LogP contribution in [0.25, 0.3) is 11.1 Å². The Labute approximate surface area is 205 Å². The van der Waals surface area contributed by atoms with Gasteiger partial charge in [0.25, 0.3) is 0 Å². The quantitative estimate of drug-likeness (QED) is 0.290. The maximum absolute atomic E-state index is 9.18. The van der Waals surface area contributed by atoms with Crippen LogP contribution in [0.4, 0.5) is 0 Å². The van der Waals surface area contributed by atoms with E-state index in [2.05, 4.69) is 97.1 Å². The summed E-state index contributed by atoms with van der Waals surface area (Å²) in [5.41, 5.74) is 6.80. The molecule has 1 aliphatic carbocycles. The molecule has 0 heterocycles. The average Bonchev–Trinajstić information content (AvgIpc) is 3.00. The van der Waals surface area contributed by atoms with E-state index in [-0.39, 0.29) is 30.2 Å². The summed E-state index contributed by atoms with van der Waals surface area (Å²) in [7, 11) is 0. The van der Waals surface area contributed by atoms with Gasteiger partial charge in [-0.25, -0.2) is 0 Å². The second-order valence-corrected chi connectivity index (χ2v) is 9.76. The van der Waals surface area contributed by atoms with Gasteiger partial charge in [-0.05, 0) is 29.5 Å². The molecule has 1 aliphatic rings. The number of phenols is 1. The molecule has 4 rings (SSSR count). The summed E-state index contributed by atoms with van der Waals surface area (Å²) in [4.78, 5) is 0. The third kappa shape index (κ3) is 8.78. The van der Waals surface area contributed by atoms with Crippen molar-refractivity contribution in [1.29, 1.82) is 0 Å². The van der Waals surface area contributed by atoms with Crippen molar-refractivity contribution in [2.75, 3.05) is 0 Å². The zero-order chi connectivity index (χ0) is 20.7. The third-order valence-electron chi connectivity index (χ3n) is 4.33. The molecule has 1 nitrogen and oxygen atoms in total. The van der Waals surface area contributed by atoms with Gasteiger partial charge < -0.3 is 29.9 Å². The van der Waals surface area contributed by atoms with Gasteiger partial charge in [0.1, 0.15) is 5.75 Å². The van der Waals surface area contributed by atoms with E-state index < -0.39 is 0 Å². The average molecular weight is 476 g/mol. The predicted octanol–water partition coefficient (Wildman–Crippen LogP) is 0.501. The van der Waals surface area contributed by atoms with Crippen molar-refractivity contribution in [3.63, 3.8) is 0 Å². The second-order valence-electron chi connectivity index (χ2n) is 8.20. The fourth-order valence-electron chi connectivity index (χ4n) is 2.97. The molecule has 0 atom stereocenters. The number of hydrogen-bond donors (Lipinski definition) is 1. The van der Waals surface area contributed by atoms with Crippen molar-refractivity contribution in [3.05, 3.63) is 89.5 Å². The molecule has 0 spiro atoms. The van der Waals surface area contributed by atoms with Crippen LogP contribution in [0.1, 0.15) is 51.3 Å². The van der Waals surface area contributed by atoms with Crippen LogP contribution >= 0.6 is 0 Å². The van der Waals surface area contributed by atoms with Crippen LogP contribution in [0.2, 0.25) is 0 Å². The standard InChI is InChI=1S/C13H9.C10H14O.C3H6.2ClH.Ti/c1-3-7-12-10(5-1)9-11-6-2-4-8-13(11)12;1-10(2,3)8-5-4-6-9(11)7-8;1-3-2;;;/h1-5,7-8H,9H2;4-7,11H,1-3H3;1-2H3;2*1H;/q-1;;;;;+1/p-2. The Morgan fingerprint density at radius 3 is 2.07 bits per heavy atom. The van der Waals surface area contributed by atoms with E-state index in [1.807, 2.05) is 18.2 Å². The molecule has 0 aromatic heterocycles. The number of hydrogen-bond acceptors (Lipinski definition) is 1. The van der Waals surface area contributed by atoms with Crippen LogP contribution in [0, 0.1) is 6.07 Å². The first-order chi connectivity index (χ1) is 13.2. The molecule has 1 N–H and O–H groups in total. The van der Waals surface area contributed by atoms with Crippen LogP contribution in [-0.4, -0.2) is 8.92 Å². The zero-order valence-corrected chi connectivity index (χ0v) is 21.3. The van der Waals surface area contributed by atoms with E-state index in [1.54, 1.807) is 12.1 Å². The van der Waals surface area contributed by atoms with E-state index in [9.17, 15) is 5.11 Å². The normalized spacial score (nSPS) is 10.5. The topological polar surface area (TPSA) is 20.2 Å². The molecule has 3 aromatic carbocycles. The molecule has 3 aromatic rings. The second kappa shape index (κ2) is 13.1. The Bertz CT molecular complexity index is 898. The van der Waals surface area contributed by atoms with Crippen LogP contribution in [0.15, 0.2) is 66.7 Å². The third-order valence-corrected chi connectivity index (χ3v) is 4.33. The van der Waals surface area contributed by atoms with Gasteiger partial charge in [0.05, 0.1) is 0 Å². The van der Waals surface area contributed by atoms with Crippen molar-refractivity contribution >= 4 is 3.81 Å². The maximum atomic E-state index is 9.18. The minimum atomic E-state index is 0. The summed E-state index contributed by atoms with van der Waals surface area (Å²) < 4.78 is 1.42. The molecular formula is C26H29Cl2OTi-2. The molecule has 0 fully saturated rings. The first-order valence-corrected chi connectivity index (χ1v) is 10.4. The number of aromatic hydroxyl groups is 1. The minimum absolute atomic E-state index is 0. The Balaban J connectivity index is 0.000000457. The van der Waals surface area contributed by atoms with Gasteiger partial charge in [0, 0.05) is 0 Å². The van der Waals surface area contributed by atoms with E-state index in [4.69, 9.17) is 0 Å². The molecule has 0 saturated carbocycles. The number of fused-ring (bicyclic) bond motifs is 3. The Hall–Kier alpha value is -1.38. The van der Waals surface area contributed by atoms with Gasteiger partial charge >= 0.3 is 37.6 Å². The van der Waals surface area contributed by atoms with Crippen molar-refractivity contribution in [1.82, 2.24) is 0 Å². The largest absolute Gasteiger partial charge is 1.00 e. The summed E-state index contributed by atoms with van der Waals surface area (Å²) in [6, 6.07) is 25.5. The van der Waals surface area contributed by atoms with Gasteiger partial charge in [0.2, 0.25) is 0 Å². The molecule has 0 amide bonds. The molecule has 0 aliphatic heterocycles. The van der Waals surface area contributed by atoms with E-state index in [0.29, 0.717) is 5.75 Å². The summed E-state index contributed by atoms with van der Waals surface area (Å²) >= 11 is 2.08. The number of rotatable bonds is 0. The van der Waals surface area contributed by atoms with Crippen LogP contribution in [0.5, 0.6) is 5.75 Å². The molecule has 0 saturated heterocycles. The van der Waals surface area contributed by atoms with Gasteiger partial charge in [0.15, 0.2) is 0 Å². The SMILES string of the molecule is CC(C)(C)c1cccc(O)c1.C[C](C)=[Ti+].[Cl-].[Cl-].[c-]1cccc2c1Cc1ccccc1-2. The van der Waals surface area contributed by atoms with E-state index >= 15 is 0 Å². The van der Waals surface area contributed by atoms with Crippen LogP contribution < -0.4 is 24.8 Å². The fraction of sp³-hybridized carbons (Fsp3) is 0.269. The van der Waals surface area contributed by atoms with Gasteiger partial charge in [-0.15, -0.1) is 5.56 Å². The summed E-state index contributed by atoms with van der Waals surface area (Å²) in [5.74, 6) is 0.345. The molecule has 4 heteroatoms. The number of phenolic OH excluding ortho intramolecular Hbond substituents is 1. The summed E-state index contributed by atoms with van der Waals surface area (Å²) in [6.45, 7) is 10.5. The molecule has 0 bridgehead atoms. The monoisotopic (exact) mass is 475 g/mol. The first-order valence-electron chi connectivity index (χ1n) is 9.57. The van der Waals surface area contributed by atoms with E-state index in [0.717, 1.165) is 12.0 Å².